The summed E-state index contributed by atoms with van der Waals surface area (Å²) in [5, 5.41) is 11.5. The molecule has 1 amide bonds. The molecular formula is C15H17FN2O. The van der Waals surface area contributed by atoms with E-state index in [4.69, 9.17) is 5.26 Å². The van der Waals surface area contributed by atoms with Gasteiger partial charge in [-0.05, 0) is 25.0 Å². The molecule has 0 atom stereocenters. The molecule has 0 heterocycles. The average Bonchev–Trinajstić information content (AvgIpc) is 2.85. The Kier molecular flexibility index (Phi) is 3.84. The van der Waals surface area contributed by atoms with E-state index < -0.39 is 5.82 Å². The van der Waals surface area contributed by atoms with Crippen molar-refractivity contribution in [2.75, 3.05) is 0 Å². The van der Waals surface area contributed by atoms with Crippen LogP contribution < -0.4 is 5.32 Å². The number of carbonyl (C=O) groups is 1. The second kappa shape index (κ2) is 5.40. The van der Waals surface area contributed by atoms with E-state index in [9.17, 15) is 9.18 Å². The molecule has 2 rings (SSSR count). The summed E-state index contributed by atoms with van der Waals surface area (Å²) in [7, 11) is 0. The summed E-state index contributed by atoms with van der Waals surface area (Å²) < 4.78 is 13.7. The summed E-state index contributed by atoms with van der Waals surface area (Å²) in [5.74, 6) is -0.454. The maximum absolute atomic E-state index is 13.7. The van der Waals surface area contributed by atoms with Crippen LogP contribution in [0.3, 0.4) is 0 Å². The van der Waals surface area contributed by atoms with Crippen molar-refractivity contribution >= 4 is 5.91 Å². The third-order valence-electron chi connectivity index (χ3n) is 3.88. The molecule has 1 saturated carbocycles. The molecule has 0 unspecified atom stereocenters. The Morgan fingerprint density at radius 1 is 1.47 bits per heavy atom. The van der Waals surface area contributed by atoms with Crippen molar-refractivity contribution in [3.05, 3.63) is 35.1 Å². The van der Waals surface area contributed by atoms with E-state index in [2.05, 4.69) is 5.32 Å². The standard InChI is InChI=1S/C15H17FN2O/c1-15(6-2-3-7-15)14(19)18-10-12-5-4-11(9-17)8-13(12)16/h4-5,8H,2-3,6-7,10H2,1H3,(H,18,19). The lowest BCUT2D eigenvalue weighted by molar-refractivity contribution is -0.130. The molecule has 3 nitrogen and oxygen atoms in total. The van der Waals surface area contributed by atoms with Crippen molar-refractivity contribution in [1.82, 2.24) is 5.32 Å². The molecule has 1 fully saturated rings. The molecule has 0 aromatic heterocycles. The molecule has 19 heavy (non-hydrogen) atoms. The zero-order chi connectivity index (χ0) is 13.9. The summed E-state index contributed by atoms with van der Waals surface area (Å²) >= 11 is 0. The van der Waals surface area contributed by atoms with E-state index in [-0.39, 0.29) is 23.4 Å². The van der Waals surface area contributed by atoms with Crippen LogP contribution in [-0.4, -0.2) is 5.91 Å². The van der Waals surface area contributed by atoms with Crippen LogP contribution in [0.25, 0.3) is 0 Å². The van der Waals surface area contributed by atoms with E-state index in [0.717, 1.165) is 25.7 Å². The van der Waals surface area contributed by atoms with Crippen LogP contribution in [0.5, 0.6) is 0 Å². The van der Waals surface area contributed by atoms with Crippen molar-refractivity contribution < 1.29 is 9.18 Å². The summed E-state index contributed by atoms with van der Waals surface area (Å²) in [6.07, 6.45) is 3.95. The molecule has 0 spiro atoms. The fourth-order valence-electron chi connectivity index (χ4n) is 2.53. The zero-order valence-electron chi connectivity index (χ0n) is 11.0. The molecule has 0 aliphatic heterocycles. The number of hydrogen-bond acceptors (Lipinski definition) is 2. The number of carbonyl (C=O) groups excluding carboxylic acids is 1. The minimum atomic E-state index is -0.448. The Bertz CT molecular complexity index is 527. The fourth-order valence-corrected chi connectivity index (χ4v) is 2.53. The minimum Gasteiger partial charge on any atom is -0.351 e. The van der Waals surface area contributed by atoms with E-state index in [0.29, 0.717) is 5.56 Å². The van der Waals surface area contributed by atoms with Gasteiger partial charge in [0.1, 0.15) is 5.82 Å². The lowest BCUT2D eigenvalue weighted by Crippen LogP contribution is -2.36. The maximum Gasteiger partial charge on any atom is 0.226 e. The first-order valence-corrected chi connectivity index (χ1v) is 6.52. The highest BCUT2D eigenvalue weighted by atomic mass is 19.1. The first kappa shape index (κ1) is 13.5. The van der Waals surface area contributed by atoms with Crippen LogP contribution in [0.4, 0.5) is 4.39 Å². The Morgan fingerprint density at radius 3 is 2.74 bits per heavy atom. The van der Waals surface area contributed by atoms with Crippen LogP contribution in [-0.2, 0) is 11.3 Å². The molecule has 1 aromatic carbocycles. The molecule has 1 aliphatic rings. The van der Waals surface area contributed by atoms with Crippen molar-refractivity contribution in [1.29, 1.82) is 5.26 Å². The van der Waals surface area contributed by atoms with Gasteiger partial charge < -0.3 is 5.32 Å². The zero-order valence-corrected chi connectivity index (χ0v) is 11.0. The largest absolute Gasteiger partial charge is 0.351 e. The van der Waals surface area contributed by atoms with Crippen molar-refractivity contribution in [2.45, 2.75) is 39.2 Å². The van der Waals surface area contributed by atoms with Crippen LogP contribution in [0.1, 0.15) is 43.7 Å². The quantitative estimate of drug-likeness (QED) is 0.908. The maximum atomic E-state index is 13.7. The molecule has 1 N–H and O–H groups in total. The Labute approximate surface area is 112 Å². The minimum absolute atomic E-state index is 0.00578. The van der Waals surface area contributed by atoms with Gasteiger partial charge in [0.15, 0.2) is 0 Å². The van der Waals surface area contributed by atoms with E-state index >= 15 is 0 Å². The lowest BCUT2D eigenvalue weighted by Gasteiger charge is -2.22. The highest BCUT2D eigenvalue weighted by Crippen LogP contribution is 2.37. The van der Waals surface area contributed by atoms with Crippen LogP contribution in [0.2, 0.25) is 0 Å². The number of halogens is 1. The second-order valence-corrected chi connectivity index (χ2v) is 5.37. The van der Waals surface area contributed by atoms with Gasteiger partial charge in [0.05, 0.1) is 11.6 Å². The molecule has 100 valence electrons. The van der Waals surface area contributed by atoms with E-state index in [1.807, 2.05) is 13.0 Å². The third-order valence-corrected chi connectivity index (χ3v) is 3.88. The number of benzene rings is 1. The third kappa shape index (κ3) is 2.93. The molecule has 1 aromatic rings. The first-order valence-electron chi connectivity index (χ1n) is 6.52. The van der Waals surface area contributed by atoms with Gasteiger partial charge in [0, 0.05) is 17.5 Å². The predicted molar refractivity (Wildman–Crippen MR) is 69.5 cm³/mol. The smallest absolute Gasteiger partial charge is 0.226 e. The monoisotopic (exact) mass is 260 g/mol. The van der Waals surface area contributed by atoms with Gasteiger partial charge in [-0.25, -0.2) is 4.39 Å². The fraction of sp³-hybridized carbons (Fsp3) is 0.467. The summed E-state index contributed by atoms with van der Waals surface area (Å²) in [5.41, 5.74) is 0.396. The SMILES string of the molecule is CC1(C(=O)NCc2ccc(C#N)cc2F)CCCC1. The van der Waals surface area contributed by atoms with Gasteiger partial charge >= 0.3 is 0 Å². The van der Waals surface area contributed by atoms with Crippen molar-refractivity contribution in [3.63, 3.8) is 0 Å². The first-order chi connectivity index (χ1) is 9.05. The van der Waals surface area contributed by atoms with Crippen molar-refractivity contribution in [3.8, 4) is 6.07 Å². The van der Waals surface area contributed by atoms with Crippen LogP contribution in [0, 0.1) is 22.6 Å². The van der Waals surface area contributed by atoms with Gasteiger partial charge in [-0.15, -0.1) is 0 Å². The molecule has 0 bridgehead atoms. The van der Waals surface area contributed by atoms with Crippen LogP contribution >= 0.6 is 0 Å². The van der Waals surface area contributed by atoms with Gasteiger partial charge in [-0.2, -0.15) is 5.26 Å². The normalized spacial score (nSPS) is 16.9. The topological polar surface area (TPSA) is 52.9 Å². The van der Waals surface area contributed by atoms with Gasteiger partial charge in [-0.3, -0.25) is 4.79 Å². The Morgan fingerprint density at radius 2 is 2.16 bits per heavy atom. The van der Waals surface area contributed by atoms with Crippen molar-refractivity contribution in [2.24, 2.45) is 5.41 Å². The predicted octanol–water partition coefficient (Wildman–Crippen LogP) is 2.89. The number of nitrogens with zero attached hydrogens (tertiary/aromatic N) is 1. The molecular weight excluding hydrogens is 243 g/mol. The number of amides is 1. The summed E-state index contributed by atoms with van der Waals surface area (Å²) in [6.45, 7) is 2.14. The molecule has 0 radical (unpaired) electrons. The second-order valence-electron chi connectivity index (χ2n) is 5.37. The van der Waals surface area contributed by atoms with E-state index in [1.54, 1.807) is 12.1 Å². The summed E-state index contributed by atoms with van der Waals surface area (Å²) in [4.78, 5) is 12.1. The van der Waals surface area contributed by atoms with Gasteiger partial charge in [0.2, 0.25) is 5.91 Å². The Hall–Kier alpha value is -1.89. The lowest BCUT2D eigenvalue weighted by atomic mass is 9.88. The number of hydrogen-bond donors (Lipinski definition) is 1. The molecule has 1 aliphatic carbocycles. The molecule has 0 saturated heterocycles. The van der Waals surface area contributed by atoms with E-state index in [1.165, 1.54) is 6.07 Å². The number of rotatable bonds is 3. The number of nitrogens with one attached hydrogen (secondary N) is 1. The average molecular weight is 260 g/mol. The Balaban J connectivity index is 1.99. The number of nitriles is 1. The molecule has 4 heteroatoms. The highest BCUT2D eigenvalue weighted by Gasteiger charge is 2.35. The highest BCUT2D eigenvalue weighted by molar-refractivity contribution is 5.82. The van der Waals surface area contributed by atoms with Gasteiger partial charge in [-0.1, -0.05) is 25.8 Å². The van der Waals surface area contributed by atoms with Crippen LogP contribution in [0.15, 0.2) is 18.2 Å². The van der Waals surface area contributed by atoms with Gasteiger partial charge in [0.25, 0.3) is 0 Å². The summed E-state index contributed by atoms with van der Waals surface area (Å²) in [6, 6.07) is 6.18.